The first-order valence-electron chi connectivity index (χ1n) is 6.06. The summed E-state index contributed by atoms with van der Waals surface area (Å²) in [5, 5.41) is 0. The molecule has 92 valence electrons. The van der Waals surface area contributed by atoms with Gasteiger partial charge in [-0.2, -0.15) is 0 Å². The molecule has 0 aliphatic heterocycles. The number of carbonyl (C=O) groups excluding carboxylic acids is 1. The van der Waals surface area contributed by atoms with Crippen LogP contribution in [0.2, 0.25) is 0 Å². The van der Waals surface area contributed by atoms with Crippen LogP contribution in [0.25, 0.3) is 0 Å². The Bertz CT molecular complexity index is 536. The number of carbonyl (C=O) groups is 1. The Hall–Kier alpha value is -1.96. The Morgan fingerprint density at radius 2 is 1.94 bits per heavy atom. The molecular weight excluding hydrogens is 222 g/mol. The number of aromatic nitrogens is 1. The van der Waals surface area contributed by atoms with Crippen molar-refractivity contribution < 1.29 is 4.79 Å². The fourth-order valence-corrected chi connectivity index (χ4v) is 2.14. The minimum absolute atomic E-state index is 0.479. The van der Waals surface area contributed by atoms with Crippen molar-refractivity contribution >= 4 is 6.29 Å². The molecule has 18 heavy (non-hydrogen) atoms. The first-order chi connectivity index (χ1) is 8.64. The maximum absolute atomic E-state index is 11.5. The molecule has 0 N–H and O–H groups in total. The summed E-state index contributed by atoms with van der Waals surface area (Å²) in [6.07, 6.45) is 5.26. The van der Waals surface area contributed by atoms with Gasteiger partial charge in [0.25, 0.3) is 0 Å². The van der Waals surface area contributed by atoms with Gasteiger partial charge in [-0.05, 0) is 43.5 Å². The molecule has 0 aliphatic rings. The second-order valence-electron chi connectivity index (χ2n) is 4.94. The third kappa shape index (κ3) is 2.65. The second-order valence-corrected chi connectivity index (χ2v) is 4.94. The molecule has 0 radical (unpaired) electrons. The quantitative estimate of drug-likeness (QED) is 0.767. The lowest BCUT2D eigenvalue weighted by Gasteiger charge is -2.24. The molecule has 0 fully saturated rings. The summed E-state index contributed by atoms with van der Waals surface area (Å²) in [7, 11) is 0. The molecule has 2 heteroatoms. The van der Waals surface area contributed by atoms with Crippen LogP contribution >= 0.6 is 0 Å². The van der Waals surface area contributed by atoms with Crippen LogP contribution in [0.5, 0.6) is 0 Å². The summed E-state index contributed by atoms with van der Waals surface area (Å²) in [4.78, 5) is 15.5. The zero-order chi connectivity index (χ0) is 13.0. The van der Waals surface area contributed by atoms with Crippen molar-refractivity contribution in [2.45, 2.75) is 25.7 Å². The Balaban J connectivity index is 2.34. The summed E-state index contributed by atoms with van der Waals surface area (Å²) in [6, 6.07) is 12.0. The lowest BCUT2D eigenvalue weighted by atomic mass is 9.78. The van der Waals surface area contributed by atoms with E-state index in [0.717, 1.165) is 17.4 Å². The maximum atomic E-state index is 11.5. The number of rotatable bonds is 4. The molecule has 1 aromatic carbocycles. The molecule has 1 heterocycles. The Kier molecular flexibility index (Phi) is 3.56. The minimum Gasteiger partial charge on any atom is -0.302 e. The van der Waals surface area contributed by atoms with Crippen molar-refractivity contribution in [1.82, 2.24) is 4.98 Å². The van der Waals surface area contributed by atoms with Gasteiger partial charge in [0, 0.05) is 12.4 Å². The van der Waals surface area contributed by atoms with E-state index in [4.69, 9.17) is 0 Å². The van der Waals surface area contributed by atoms with E-state index in [0.29, 0.717) is 6.42 Å². The predicted octanol–water partition coefficient (Wildman–Crippen LogP) is 3.09. The molecule has 0 saturated carbocycles. The summed E-state index contributed by atoms with van der Waals surface area (Å²) in [5.41, 5.74) is 2.89. The number of aldehydes is 1. The highest BCUT2D eigenvalue weighted by Crippen LogP contribution is 2.26. The number of benzene rings is 1. The summed E-state index contributed by atoms with van der Waals surface area (Å²) in [6.45, 7) is 4.02. The third-order valence-electron chi connectivity index (χ3n) is 3.26. The lowest BCUT2D eigenvalue weighted by Crippen LogP contribution is -2.26. The van der Waals surface area contributed by atoms with Crippen LogP contribution in [0, 0.1) is 6.92 Å². The fourth-order valence-electron chi connectivity index (χ4n) is 2.14. The van der Waals surface area contributed by atoms with Crippen LogP contribution in [0.15, 0.2) is 48.8 Å². The molecule has 0 aliphatic carbocycles. The zero-order valence-electron chi connectivity index (χ0n) is 10.8. The van der Waals surface area contributed by atoms with Crippen LogP contribution in [0.3, 0.4) is 0 Å². The molecule has 1 atom stereocenters. The van der Waals surface area contributed by atoms with Crippen LogP contribution in [-0.4, -0.2) is 11.3 Å². The smallest absolute Gasteiger partial charge is 0.130 e. The first kappa shape index (κ1) is 12.5. The molecule has 0 bridgehead atoms. The standard InChI is InChI=1S/C16H17NO/c1-13-4-3-5-15(10-13)16(2,12-18)11-14-6-8-17-9-7-14/h3-10,12H,11H2,1-2H3. The third-order valence-corrected chi connectivity index (χ3v) is 3.26. The number of aryl methyl sites for hydroxylation is 1. The molecule has 1 aromatic heterocycles. The topological polar surface area (TPSA) is 30.0 Å². The molecular formula is C16H17NO. The normalized spacial score (nSPS) is 13.9. The maximum Gasteiger partial charge on any atom is 0.130 e. The van der Waals surface area contributed by atoms with E-state index in [-0.39, 0.29) is 0 Å². The van der Waals surface area contributed by atoms with Gasteiger partial charge in [-0.3, -0.25) is 4.98 Å². The highest BCUT2D eigenvalue weighted by atomic mass is 16.1. The van der Waals surface area contributed by atoms with E-state index in [2.05, 4.69) is 11.1 Å². The van der Waals surface area contributed by atoms with Crippen LogP contribution in [0.1, 0.15) is 23.6 Å². The van der Waals surface area contributed by atoms with E-state index < -0.39 is 5.41 Å². The fraction of sp³-hybridized carbons (Fsp3) is 0.250. The van der Waals surface area contributed by atoms with Crippen molar-refractivity contribution in [3.63, 3.8) is 0 Å². The van der Waals surface area contributed by atoms with Gasteiger partial charge in [0.1, 0.15) is 6.29 Å². The van der Waals surface area contributed by atoms with Gasteiger partial charge in [-0.1, -0.05) is 29.8 Å². The SMILES string of the molecule is Cc1cccc(C(C)(C=O)Cc2ccncc2)c1. The van der Waals surface area contributed by atoms with Gasteiger partial charge < -0.3 is 4.79 Å². The van der Waals surface area contributed by atoms with E-state index in [1.54, 1.807) is 12.4 Å². The average molecular weight is 239 g/mol. The number of nitrogens with zero attached hydrogens (tertiary/aromatic N) is 1. The van der Waals surface area contributed by atoms with Crippen molar-refractivity contribution in [3.05, 3.63) is 65.5 Å². The number of pyridine rings is 1. The Morgan fingerprint density at radius 3 is 2.56 bits per heavy atom. The lowest BCUT2D eigenvalue weighted by molar-refractivity contribution is -0.112. The summed E-state index contributed by atoms with van der Waals surface area (Å²) in [5.74, 6) is 0. The van der Waals surface area contributed by atoms with Gasteiger partial charge in [0.15, 0.2) is 0 Å². The van der Waals surface area contributed by atoms with E-state index >= 15 is 0 Å². The molecule has 0 spiro atoms. The van der Waals surface area contributed by atoms with Crippen molar-refractivity contribution in [1.29, 1.82) is 0 Å². The summed E-state index contributed by atoms with van der Waals surface area (Å²) >= 11 is 0. The van der Waals surface area contributed by atoms with E-state index in [9.17, 15) is 4.79 Å². The molecule has 0 amide bonds. The van der Waals surface area contributed by atoms with Crippen molar-refractivity contribution in [2.75, 3.05) is 0 Å². The average Bonchev–Trinajstić information content (AvgIpc) is 2.40. The highest BCUT2D eigenvalue weighted by molar-refractivity contribution is 5.68. The van der Waals surface area contributed by atoms with Crippen LogP contribution in [0.4, 0.5) is 0 Å². The van der Waals surface area contributed by atoms with Crippen molar-refractivity contribution in [2.24, 2.45) is 0 Å². The molecule has 2 rings (SSSR count). The van der Waals surface area contributed by atoms with E-state index in [1.807, 2.05) is 44.2 Å². The Morgan fingerprint density at radius 1 is 1.22 bits per heavy atom. The molecule has 2 aromatic rings. The zero-order valence-corrected chi connectivity index (χ0v) is 10.8. The Labute approximate surface area is 108 Å². The van der Waals surface area contributed by atoms with E-state index in [1.165, 1.54) is 5.56 Å². The number of hydrogen-bond donors (Lipinski definition) is 0. The van der Waals surface area contributed by atoms with Gasteiger partial charge >= 0.3 is 0 Å². The largest absolute Gasteiger partial charge is 0.302 e. The van der Waals surface area contributed by atoms with Gasteiger partial charge in [-0.15, -0.1) is 0 Å². The highest BCUT2D eigenvalue weighted by Gasteiger charge is 2.26. The molecule has 1 unspecified atom stereocenters. The van der Waals surface area contributed by atoms with Gasteiger partial charge in [0.05, 0.1) is 5.41 Å². The molecule has 2 nitrogen and oxygen atoms in total. The van der Waals surface area contributed by atoms with Gasteiger partial charge in [-0.25, -0.2) is 0 Å². The monoisotopic (exact) mass is 239 g/mol. The van der Waals surface area contributed by atoms with Crippen LogP contribution in [-0.2, 0) is 16.6 Å². The predicted molar refractivity (Wildman–Crippen MR) is 72.5 cm³/mol. The van der Waals surface area contributed by atoms with Crippen LogP contribution < -0.4 is 0 Å². The first-order valence-corrected chi connectivity index (χ1v) is 6.06. The van der Waals surface area contributed by atoms with Crippen molar-refractivity contribution in [3.8, 4) is 0 Å². The minimum atomic E-state index is -0.479. The van der Waals surface area contributed by atoms with Gasteiger partial charge in [0.2, 0.25) is 0 Å². The molecule has 0 saturated heterocycles. The second kappa shape index (κ2) is 5.13. The number of hydrogen-bond acceptors (Lipinski definition) is 2. The summed E-state index contributed by atoms with van der Waals surface area (Å²) < 4.78 is 0.